The Bertz CT molecular complexity index is 2560. The number of hydrogen-bond donors (Lipinski definition) is 0. The van der Waals surface area contributed by atoms with Crippen molar-refractivity contribution in [3.8, 4) is 33.4 Å². The fraction of sp³-hybridized carbons (Fsp3) is 0. The van der Waals surface area contributed by atoms with Gasteiger partial charge in [0.1, 0.15) is 11.2 Å². The van der Waals surface area contributed by atoms with Crippen LogP contribution in [0.1, 0.15) is 0 Å². The average molecular weight is 614 g/mol. The molecule has 2 nitrogen and oxygen atoms in total. The maximum atomic E-state index is 6.74. The normalized spacial score (nSPS) is 11.3. The molecule has 0 aliphatic rings. The maximum absolute atomic E-state index is 6.74. The molecule has 9 aromatic rings. The van der Waals surface area contributed by atoms with Gasteiger partial charge in [0, 0.05) is 33.2 Å². The van der Waals surface area contributed by atoms with Gasteiger partial charge in [-0.3, -0.25) is 0 Å². The number of para-hydroxylation sites is 3. The predicted octanol–water partition coefficient (Wildman–Crippen LogP) is 13.2. The smallest absolute Gasteiger partial charge is 0.143 e. The van der Waals surface area contributed by atoms with Crippen LogP contribution in [0, 0.1) is 0 Å². The molecule has 0 amide bonds. The number of fused-ring (bicyclic) bond motifs is 4. The van der Waals surface area contributed by atoms with Crippen molar-refractivity contribution in [1.29, 1.82) is 0 Å². The highest BCUT2D eigenvalue weighted by atomic mass is 16.3. The average Bonchev–Trinajstić information content (AvgIpc) is 3.53. The number of anilines is 3. The van der Waals surface area contributed by atoms with E-state index in [1.165, 1.54) is 27.5 Å². The molecule has 0 spiro atoms. The van der Waals surface area contributed by atoms with Gasteiger partial charge in [-0.2, -0.15) is 0 Å². The standard InChI is InChI=1S/C46H31NO/c1-3-15-32(16-4-1)34-21-13-22-37(29-34)47(43-27-11-9-23-38(43)33-17-5-2-6-18-33)44-28-12-10-24-39(44)40-25-14-26-41-42-30-35-19-7-8-20-36(35)31-45(42)48-46(40)41/h1-31H. The lowest BCUT2D eigenvalue weighted by Crippen LogP contribution is -2.12. The monoisotopic (exact) mass is 613 g/mol. The van der Waals surface area contributed by atoms with Crippen molar-refractivity contribution < 1.29 is 4.42 Å². The summed E-state index contributed by atoms with van der Waals surface area (Å²) in [6.07, 6.45) is 0. The van der Waals surface area contributed by atoms with Gasteiger partial charge < -0.3 is 9.32 Å². The van der Waals surface area contributed by atoms with E-state index in [1.54, 1.807) is 0 Å². The lowest BCUT2D eigenvalue weighted by atomic mass is 9.97. The van der Waals surface area contributed by atoms with E-state index in [2.05, 4.69) is 193 Å². The molecule has 2 heteroatoms. The molecule has 0 saturated carbocycles. The Morgan fingerprint density at radius 2 is 0.917 bits per heavy atom. The molecule has 0 atom stereocenters. The lowest BCUT2D eigenvalue weighted by Gasteiger charge is -2.30. The summed E-state index contributed by atoms with van der Waals surface area (Å²) in [5.74, 6) is 0. The lowest BCUT2D eigenvalue weighted by molar-refractivity contribution is 0.670. The van der Waals surface area contributed by atoms with Gasteiger partial charge in [0.2, 0.25) is 0 Å². The van der Waals surface area contributed by atoms with Gasteiger partial charge in [-0.25, -0.2) is 0 Å². The van der Waals surface area contributed by atoms with Gasteiger partial charge in [0.05, 0.1) is 11.4 Å². The van der Waals surface area contributed by atoms with Crippen molar-refractivity contribution >= 4 is 49.8 Å². The van der Waals surface area contributed by atoms with Crippen LogP contribution < -0.4 is 4.90 Å². The largest absolute Gasteiger partial charge is 0.455 e. The van der Waals surface area contributed by atoms with Crippen molar-refractivity contribution in [3.63, 3.8) is 0 Å². The van der Waals surface area contributed by atoms with Crippen LogP contribution in [0.25, 0.3) is 66.1 Å². The van der Waals surface area contributed by atoms with E-state index in [-0.39, 0.29) is 0 Å². The van der Waals surface area contributed by atoms with Crippen LogP contribution in [0.5, 0.6) is 0 Å². The summed E-state index contributed by atoms with van der Waals surface area (Å²) in [5, 5.41) is 4.63. The zero-order chi connectivity index (χ0) is 31.9. The van der Waals surface area contributed by atoms with Gasteiger partial charge in [-0.15, -0.1) is 0 Å². The Morgan fingerprint density at radius 1 is 0.354 bits per heavy atom. The zero-order valence-corrected chi connectivity index (χ0v) is 26.3. The van der Waals surface area contributed by atoms with E-state index in [9.17, 15) is 0 Å². The second kappa shape index (κ2) is 11.8. The van der Waals surface area contributed by atoms with Crippen molar-refractivity contribution in [3.05, 3.63) is 188 Å². The van der Waals surface area contributed by atoms with E-state index in [0.29, 0.717) is 0 Å². The number of rotatable bonds is 6. The van der Waals surface area contributed by atoms with Crippen LogP contribution in [-0.2, 0) is 0 Å². The minimum atomic E-state index is 0.893. The van der Waals surface area contributed by atoms with Gasteiger partial charge >= 0.3 is 0 Å². The first-order valence-electron chi connectivity index (χ1n) is 16.4. The summed E-state index contributed by atoms with van der Waals surface area (Å²) in [5.41, 5.74) is 11.9. The molecule has 9 rings (SSSR count). The third kappa shape index (κ3) is 4.83. The molecule has 0 fully saturated rings. The molecule has 0 unspecified atom stereocenters. The van der Waals surface area contributed by atoms with Crippen molar-refractivity contribution in [2.45, 2.75) is 0 Å². The first-order valence-corrected chi connectivity index (χ1v) is 16.4. The fourth-order valence-corrected chi connectivity index (χ4v) is 6.99. The molecular formula is C46H31NO. The van der Waals surface area contributed by atoms with E-state index in [0.717, 1.165) is 55.7 Å². The molecule has 1 heterocycles. The quantitative estimate of drug-likeness (QED) is 0.185. The number of furan rings is 1. The molecule has 48 heavy (non-hydrogen) atoms. The van der Waals surface area contributed by atoms with Crippen LogP contribution in [0.4, 0.5) is 17.1 Å². The van der Waals surface area contributed by atoms with E-state index >= 15 is 0 Å². The second-order valence-corrected chi connectivity index (χ2v) is 12.1. The van der Waals surface area contributed by atoms with Crippen LogP contribution in [0.15, 0.2) is 192 Å². The first kappa shape index (κ1) is 27.9. The van der Waals surface area contributed by atoms with E-state index < -0.39 is 0 Å². The number of hydrogen-bond acceptors (Lipinski definition) is 2. The highest BCUT2D eigenvalue weighted by Crippen LogP contribution is 2.47. The van der Waals surface area contributed by atoms with Crippen LogP contribution in [-0.4, -0.2) is 0 Å². The molecular weight excluding hydrogens is 583 g/mol. The van der Waals surface area contributed by atoms with Gasteiger partial charge in [0.25, 0.3) is 0 Å². The Morgan fingerprint density at radius 3 is 1.69 bits per heavy atom. The Hall–Kier alpha value is -6.38. The summed E-state index contributed by atoms with van der Waals surface area (Å²) in [6, 6.07) is 66.8. The minimum absolute atomic E-state index is 0.893. The molecule has 0 bridgehead atoms. The number of nitrogens with zero attached hydrogens (tertiary/aromatic N) is 1. The molecule has 0 aliphatic heterocycles. The van der Waals surface area contributed by atoms with Crippen LogP contribution in [0.3, 0.4) is 0 Å². The van der Waals surface area contributed by atoms with Crippen molar-refractivity contribution in [2.24, 2.45) is 0 Å². The molecule has 0 N–H and O–H groups in total. The third-order valence-corrected chi connectivity index (χ3v) is 9.24. The first-order chi connectivity index (χ1) is 23.8. The molecule has 1 aromatic heterocycles. The van der Waals surface area contributed by atoms with Crippen LogP contribution in [0.2, 0.25) is 0 Å². The van der Waals surface area contributed by atoms with E-state index in [4.69, 9.17) is 4.42 Å². The fourth-order valence-electron chi connectivity index (χ4n) is 6.99. The summed E-state index contributed by atoms with van der Waals surface area (Å²) in [7, 11) is 0. The summed E-state index contributed by atoms with van der Waals surface area (Å²) in [6.45, 7) is 0. The van der Waals surface area contributed by atoms with E-state index in [1.807, 2.05) is 0 Å². The predicted molar refractivity (Wildman–Crippen MR) is 202 cm³/mol. The third-order valence-electron chi connectivity index (χ3n) is 9.24. The molecule has 0 radical (unpaired) electrons. The second-order valence-electron chi connectivity index (χ2n) is 12.1. The van der Waals surface area contributed by atoms with Crippen molar-refractivity contribution in [1.82, 2.24) is 0 Å². The highest BCUT2D eigenvalue weighted by molar-refractivity contribution is 6.14. The van der Waals surface area contributed by atoms with Gasteiger partial charge in [-0.1, -0.05) is 152 Å². The highest BCUT2D eigenvalue weighted by Gasteiger charge is 2.22. The Kier molecular flexibility index (Phi) is 6.84. The molecule has 0 aliphatic carbocycles. The van der Waals surface area contributed by atoms with Crippen molar-refractivity contribution in [2.75, 3.05) is 4.90 Å². The summed E-state index contributed by atoms with van der Waals surface area (Å²) >= 11 is 0. The number of benzene rings is 8. The SMILES string of the molecule is c1ccc(-c2cccc(N(c3ccccc3-c3ccccc3)c3ccccc3-c3cccc4c3oc3cc5ccccc5cc34)c2)cc1. The summed E-state index contributed by atoms with van der Waals surface area (Å²) < 4.78 is 6.74. The Balaban J connectivity index is 1.30. The summed E-state index contributed by atoms with van der Waals surface area (Å²) in [4.78, 5) is 2.40. The molecule has 0 saturated heterocycles. The zero-order valence-electron chi connectivity index (χ0n) is 26.3. The molecule has 226 valence electrons. The minimum Gasteiger partial charge on any atom is -0.455 e. The van der Waals surface area contributed by atoms with Crippen LogP contribution >= 0.6 is 0 Å². The topological polar surface area (TPSA) is 16.4 Å². The maximum Gasteiger partial charge on any atom is 0.143 e. The Labute approximate surface area is 279 Å². The molecule has 8 aromatic carbocycles. The van der Waals surface area contributed by atoms with Gasteiger partial charge in [0.15, 0.2) is 0 Å². The van der Waals surface area contributed by atoms with Gasteiger partial charge in [-0.05, 0) is 63.9 Å².